The Kier molecular flexibility index (Phi) is 4.93. The Morgan fingerprint density at radius 2 is 2.11 bits per heavy atom. The number of allylic oxidation sites excluding steroid dienone is 2. The minimum atomic E-state index is -0.386. The smallest absolute Gasteiger partial charge is 0.142 e. The number of aryl methyl sites for hydroxylation is 1. The van der Waals surface area contributed by atoms with Crippen LogP contribution in [0.2, 0.25) is 0 Å². The maximum Gasteiger partial charge on any atom is 0.142 e. The summed E-state index contributed by atoms with van der Waals surface area (Å²) in [5.41, 5.74) is 3.71. The molecule has 0 N–H and O–H groups in total. The van der Waals surface area contributed by atoms with Crippen molar-refractivity contribution in [3.05, 3.63) is 71.9 Å². The van der Waals surface area contributed by atoms with Crippen LogP contribution >= 0.6 is 22.7 Å². The van der Waals surface area contributed by atoms with Crippen LogP contribution in [0, 0.1) is 12.7 Å². The van der Waals surface area contributed by atoms with E-state index < -0.39 is 0 Å². The molecule has 7 heteroatoms. The second-order valence-electron chi connectivity index (χ2n) is 5.97. The van der Waals surface area contributed by atoms with Crippen LogP contribution in [0.1, 0.15) is 11.4 Å². The van der Waals surface area contributed by atoms with Crippen molar-refractivity contribution in [1.29, 1.82) is 0 Å². The molecule has 4 nitrogen and oxygen atoms in total. The molecule has 0 aliphatic carbocycles. The predicted molar refractivity (Wildman–Crippen MR) is 116 cm³/mol. The number of halogens is 1. The van der Waals surface area contributed by atoms with E-state index in [0.29, 0.717) is 16.3 Å². The third-order valence-corrected chi connectivity index (χ3v) is 6.27. The number of pyridine rings is 2. The summed E-state index contributed by atoms with van der Waals surface area (Å²) in [4.78, 5) is 18.4. The van der Waals surface area contributed by atoms with E-state index >= 15 is 0 Å². The highest BCUT2D eigenvalue weighted by atomic mass is 32.1. The fourth-order valence-corrected chi connectivity index (χ4v) is 4.75. The number of thiazole rings is 1. The van der Waals surface area contributed by atoms with E-state index in [1.54, 1.807) is 29.7 Å². The summed E-state index contributed by atoms with van der Waals surface area (Å²) in [5.74, 6) is -0.386. The van der Waals surface area contributed by atoms with Gasteiger partial charge in [-0.15, -0.1) is 22.7 Å². The molecule has 0 saturated heterocycles. The van der Waals surface area contributed by atoms with Gasteiger partial charge in [0.25, 0.3) is 0 Å². The second kappa shape index (κ2) is 7.53. The van der Waals surface area contributed by atoms with Crippen LogP contribution in [0.3, 0.4) is 0 Å². The lowest BCUT2D eigenvalue weighted by Gasteiger charge is -2.06. The first kappa shape index (κ1) is 18.3. The second-order valence-corrected chi connectivity index (χ2v) is 7.88. The van der Waals surface area contributed by atoms with E-state index in [-0.39, 0.29) is 5.82 Å². The van der Waals surface area contributed by atoms with Gasteiger partial charge in [0.2, 0.25) is 0 Å². The minimum Gasteiger partial charge on any atom is -0.262 e. The first-order valence-corrected chi connectivity index (χ1v) is 10.1. The van der Waals surface area contributed by atoms with Crippen LogP contribution in [0.25, 0.3) is 36.9 Å². The summed E-state index contributed by atoms with van der Waals surface area (Å²) < 4.78 is 14.6. The van der Waals surface area contributed by atoms with Crippen molar-refractivity contribution < 1.29 is 4.39 Å². The van der Waals surface area contributed by atoms with E-state index in [1.807, 2.05) is 18.4 Å². The average Bonchev–Trinajstić information content (AvgIpc) is 3.32. The number of rotatable bonds is 5. The highest BCUT2D eigenvalue weighted by molar-refractivity contribution is 7.18. The third-order valence-electron chi connectivity index (χ3n) is 4.10. The van der Waals surface area contributed by atoms with Crippen molar-refractivity contribution in [3.8, 4) is 21.1 Å². The van der Waals surface area contributed by atoms with Crippen LogP contribution < -0.4 is 0 Å². The largest absolute Gasteiger partial charge is 0.262 e. The van der Waals surface area contributed by atoms with Gasteiger partial charge in [-0.05, 0) is 48.7 Å². The summed E-state index contributed by atoms with van der Waals surface area (Å²) in [6.07, 6.45) is 6.25. The monoisotopic (exact) mass is 406 g/mol. The Balaban J connectivity index is 1.89. The van der Waals surface area contributed by atoms with Gasteiger partial charge in [-0.1, -0.05) is 12.7 Å². The average molecular weight is 407 g/mol. The summed E-state index contributed by atoms with van der Waals surface area (Å²) in [5, 5.41) is 3.81. The molecule has 0 fully saturated rings. The molecule has 0 aliphatic heterocycles. The lowest BCUT2D eigenvalue weighted by molar-refractivity contribution is 0.622. The van der Waals surface area contributed by atoms with Crippen LogP contribution in [-0.4, -0.2) is 21.7 Å². The van der Waals surface area contributed by atoms with Gasteiger partial charge in [-0.2, -0.15) is 0 Å². The van der Waals surface area contributed by atoms with Crippen LogP contribution in [0.4, 0.5) is 4.39 Å². The quantitative estimate of drug-likeness (QED) is 0.295. The van der Waals surface area contributed by atoms with Gasteiger partial charge in [0.05, 0.1) is 32.9 Å². The zero-order valence-electron chi connectivity index (χ0n) is 15.0. The summed E-state index contributed by atoms with van der Waals surface area (Å²) >= 11 is 3.07. The Labute approximate surface area is 169 Å². The summed E-state index contributed by atoms with van der Waals surface area (Å²) in [6.45, 7) is 9.34. The topological polar surface area (TPSA) is 51.0 Å². The Morgan fingerprint density at radius 1 is 1.25 bits per heavy atom. The fraction of sp³-hybridized carbons (Fsp3) is 0.0476. The molecular weight excluding hydrogens is 391 g/mol. The van der Waals surface area contributed by atoms with Gasteiger partial charge in [0.15, 0.2) is 0 Å². The molecular formula is C21H15FN4S2. The molecule has 0 atom stereocenters. The molecule has 0 saturated carbocycles. The number of fused-ring (bicyclic) bond motifs is 1. The molecule has 0 bridgehead atoms. The Bertz CT molecular complexity index is 1240. The highest BCUT2D eigenvalue weighted by Gasteiger charge is 2.17. The van der Waals surface area contributed by atoms with Gasteiger partial charge in [0.1, 0.15) is 16.5 Å². The molecule has 0 radical (unpaired) electrons. The molecule has 4 heterocycles. The van der Waals surface area contributed by atoms with Crippen molar-refractivity contribution in [2.75, 3.05) is 0 Å². The molecule has 4 rings (SSSR count). The van der Waals surface area contributed by atoms with Gasteiger partial charge in [0, 0.05) is 11.8 Å². The molecule has 0 amide bonds. The van der Waals surface area contributed by atoms with Crippen molar-refractivity contribution >= 4 is 45.2 Å². The molecule has 0 spiro atoms. The predicted octanol–water partition coefficient (Wildman–Crippen LogP) is 6.16. The van der Waals surface area contributed by atoms with Crippen LogP contribution in [0.5, 0.6) is 0 Å². The minimum absolute atomic E-state index is 0.386. The third kappa shape index (κ3) is 3.30. The first-order chi connectivity index (χ1) is 13.6. The van der Waals surface area contributed by atoms with Crippen LogP contribution in [0.15, 0.2) is 59.7 Å². The number of nitrogens with zero attached hydrogens (tertiary/aromatic N) is 4. The zero-order valence-corrected chi connectivity index (χ0v) is 16.6. The van der Waals surface area contributed by atoms with Gasteiger partial charge < -0.3 is 0 Å². The fourth-order valence-electron chi connectivity index (χ4n) is 2.87. The maximum absolute atomic E-state index is 13.5. The molecule has 28 heavy (non-hydrogen) atoms. The molecule has 138 valence electrons. The molecule has 0 unspecified atom stereocenters. The van der Waals surface area contributed by atoms with E-state index in [9.17, 15) is 4.39 Å². The van der Waals surface area contributed by atoms with Crippen molar-refractivity contribution in [2.24, 2.45) is 4.99 Å². The number of hydrogen-bond donors (Lipinski definition) is 0. The zero-order chi connectivity index (χ0) is 19.7. The lowest BCUT2D eigenvalue weighted by atomic mass is 10.1. The lowest BCUT2D eigenvalue weighted by Crippen LogP contribution is -1.91. The number of aromatic nitrogens is 3. The molecule has 0 aromatic carbocycles. The van der Waals surface area contributed by atoms with Gasteiger partial charge >= 0.3 is 0 Å². The maximum atomic E-state index is 13.5. The normalized spacial score (nSPS) is 11.7. The Hall–Kier alpha value is -3.03. The summed E-state index contributed by atoms with van der Waals surface area (Å²) in [7, 11) is 0. The van der Waals surface area contributed by atoms with E-state index in [2.05, 4.69) is 34.3 Å². The van der Waals surface area contributed by atoms with E-state index in [1.165, 1.54) is 23.6 Å². The van der Waals surface area contributed by atoms with E-state index in [4.69, 9.17) is 4.98 Å². The Morgan fingerprint density at radius 3 is 2.86 bits per heavy atom. The van der Waals surface area contributed by atoms with Gasteiger partial charge in [-0.25, -0.2) is 14.4 Å². The van der Waals surface area contributed by atoms with Crippen molar-refractivity contribution in [1.82, 2.24) is 15.0 Å². The highest BCUT2D eigenvalue weighted by Crippen LogP contribution is 2.38. The molecule has 0 aliphatic rings. The van der Waals surface area contributed by atoms with E-state index in [0.717, 1.165) is 32.0 Å². The van der Waals surface area contributed by atoms with Crippen molar-refractivity contribution in [3.63, 3.8) is 0 Å². The van der Waals surface area contributed by atoms with Crippen molar-refractivity contribution in [2.45, 2.75) is 6.92 Å². The standard InChI is InChI=1S/C21H15FN4S2/c1-4-5-16(23-3)18-20-13(6-7-27-20)9-17(26-18)19-12(2)25-21(28-19)14-8-15(22)11-24-10-14/h4-11H,1,3H2,2H3/b16-5-. The molecule has 4 aromatic heterocycles. The first-order valence-electron chi connectivity index (χ1n) is 8.37. The van der Waals surface area contributed by atoms with Gasteiger partial charge in [-0.3, -0.25) is 9.98 Å². The summed E-state index contributed by atoms with van der Waals surface area (Å²) in [6, 6.07) is 5.53. The van der Waals surface area contributed by atoms with Crippen LogP contribution in [-0.2, 0) is 0 Å². The number of hydrogen-bond acceptors (Lipinski definition) is 6. The molecule has 4 aromatic rings. The SMILES string of the molecule is C=C/C=C(\N=C)c1nc(-c2sc(-c3cncc(F)c3)nc2C)cc2ccsc12. The number of aliphatic imine (C=N–C) groups is 1. The number of thiophene rings is 1.